The van der Waals surface area contributed by atoms with Crippen LogP contribution in [0.1, 0.15) is 13.8 Å². The first-order valence-electron chi connectivity index (χ1n) is 5.49. The van der Waals surface area contributed by atoms with Gasteiger partial charge in [0.15, 0.2) is 5.17 Å². The first-order chi connectivity index (χ1) is 8.06. The van der Waals surface area contributed by atoms with Gasteiger partial charge in [-0.1, -0.05) is 25.6 Å². The molecule has 0 saturated heterocycles. The fourth-order valence-corrected chi connectivity index (χ4v) is 2.92. The summed E-state index contributed by atoms with van der Waals surface area (Å²) in [6.07, 6.45) is 0. The summed E-state index contributed by atoms with van der Waals surface area (Å²) in [5.74, 6) is 0.361. The second-order valence-corrected chi connectivity index (χ2v) is 6.38. The van der Waals surface area contributed by atoms with Gasteiger partial charge < -0.3 is 5.32 Å². The Morgan fingerprint density at radius 2 is 2.29 bits per heavy atom. The standard InChI is InChI=1S/C12H14BrFN2S/c1-7(2)11-6-15-12(17-11)16-8-3-4-10(14)9(13)5-8/h3-5,7,11H,6H2,1-2H3,(H,15,16). The molecule has 1 unspecified atom stereocenters. The Morgan fingerprint density at radius 3 is 2.88 bits per heavy atom. The molecular weight excluding hydrogens is 303 g/mol. The molecule has 0 fully saturated rings. The Kier molecular flexibility index (Phi) is 4.09. The van der Waals surface area contributed by atoms with Gasteiger partial charge in [0.1, 0.15) is 5.82 Å². The van der Waals surface area contributed by atoms with Gasteiger partial charge >= 0.3 is 0 Å². The first-order valence-corrected chi connectivity index (χ1v) is 7.16. The van der Waals surface area contributed by atoms with E-state index in [-0.39, 0.29) is 5.82 Å². The van der Waals surface area contributed by atoms with Crippen LogP contribution in [0.2, 0.25) is 0 Å². The zero-order valence-electron chi connectivity index (χ0n) is 9.71. The molecule has 1 heterocycles. The van der Waals surface area contributed by atoms with E-state index in [0.29, 0.717) is 15.6 Å². The van der Waals surface area contributed by atoms with E-state index >= 15 is 0 Å². The quantitative estimate of drug-likeness (QED) is 0.887. The third kappa shape index (κ3) is 3.22. The number of nitrogens with one attached hydrogen (secondary N) is 1. The maximum absolute atomic E-state index is 13.1. The lowest BCUT2D eigenvalue weighted by molar-refractivity contribution is 0.621. The maximum Gasteiger partial charge on any atom is 0.161 e. The van der Waals surface area contributed by atoms with Gasteiger partial charge in [0, 0.05) is 10.9 Å². The number of anilines is 1. The number of aliphatic imine (C=N–C) groups is 1. The van der Waals surface area contributed by atoms with Gasteiger partial charge in [0.25, 0.3) is 0 Å². The molecule has 0 amide bonds. The van der Waals surface area contributed by atoms with Crippen LogP contribution in [-0.4, -0.2) is 17.0 Å². The molecule has 17 heavy (non-hydrogen) atoms. The number of hydrogen-bond acceptors (Lipinski definition) is 3. The molecule has 1 atom stereocenters. The van der Waals surface area contributed by atoms with Crippen LogP contribution in [-0.2, 0) is 0 Å². The van der Waals surface area contributed by atoms with Crippen LogP contribution in [0, 0.1) is 11.7 Å². The van der Waals surface area contributed by atoms with Crippen LogP contribution < -0.4 is 5.32 Å². The average molecular weight is 317 g/mol. The fourth-order valence-electron chi connectivity index (χ4n) is 1.50. The highest BCUT2D eigenvalue weighted by Crippen LogP contribution is 2.28. The second kappa shape index (κ2) is 5.40. The van der Waals surface area contributed by atoms with Crippen LogP contribution in [0.15, 0.2) is 27.7 Å². The predicted octanol–water partition coefficient (Wildman–Crippen LogP) is 4.13. The molecule has 0 saturated carbocycles. The average Bonchev–Trinajstić information content (AvgIpc) is 2.72. The lowest BCUT2D eigenvalue weighted by Gasteiger charge is -2.12. The zero-order chi connectivity index (χ0) is 12.4. The SMILES string of the molecule is CC(C)C1CN=C(Nc2ccc(F)c(Br)c2)S1. The largest absolute Gasteiger partial charge is 0.335 e. The molecule has 1 N–H and O–H groups in total. The third-order valence-electron chi connectivity index (χ3n) is 2.59. The molecular formula is C12H14BrFN2S. The molecule has 2 nitrogen and oxygen atoms in total. The van der Waals surface area contributed by atoms with Gasteiger partial charge in [-0.2, -0.15) is 0 Å². The Hall–Kier alpha value is -0.550. The highest BCUT2D eigenvalue weighted by atomic mass is 79.9. The lowest BCUT2D eigenvalue weighted by Crippen LogP contribution is -2.13. The smallest absolute Gasteiger partial charge is 0.161 e. The van der Waals surface area contributed by atoms with Crippen molar-refractivity contribution in [2.24, 2.45) is 10.9 Å². The zero-order valence-corrected chi connectivity index (χ0v) is 12.1. The summed E-state index contributed by atoms with van der Waals surface area (Å²) in [4.78, 5) is 4.45. The minimum Gasteiger partial charge on any atom is -0.335 e. The Bertz CT molecular complexity index is 448. The Balaban J connectivity index is 2.00. The van der Waals surface area contributed by atoms with Crippen molar-refractivity contribution >= 4 is 38.5 Å². The monoisotopic (exact) mass is 316 g/mol. The molecule has 1 aromatic carbocycles. The van der Waals surface area contributed by atoms with Gasteiger partial charge in [-0.05, 0) is 40.0 Å². The second-order valence-electron chi connectivity index (χ2n) is 4.30. The molecule has 0 aromatic heterocycles. The highest BCUT2D eigenvalue weighted by Gasteiger charge is 2.22. The highest BCUT2D eigenvalue weighted by molar-refractivity contribution is 9.10. The van der Waals surface area contributed by atoms with Crippen LogP contribution in [0.5, 0.6) is 0 Å². The summed E-state index contributed by atoms with van der Waals surface area (Å²) in [5, 5.41) is 4.67. The van der Waals surface area contributed by atoms with E-state index in [1.54, 1.807) is 23.9 Å². The molecule has 1 aromatic rings. The van der Waals surface area contributed by atoms with E-state index in [0.717, 1.165) is 17.4 Å². The van der Waals surface area contributed by atoms with Crippen molar-refractivity contribution in [1.82, 2.24) is 0 Å². The number of nitrogens with zero attached hydrogens (tertiary/aromatic N) is 1. The summed E-state index contributed by atoms with van der Waals surface area (Å²) in [6.45, 7) is 5.25. The van der Waals surface area contributed by atoms with Crippen molar-refractivity contribution in [2.75, 3.05) is 11.9 Å². The van der Waals surface area contributed by atoms with E-state index in [9.17, 15) is 4.39 Å². The number of hydrogen-bond donors (Lipinski definition) is 1. The molecule has 0 spiro atoms. The number of amidine groups is 1. The van der Waals surface area contributed by atoms with Crippen LogP contribution >= 0.6 is 27.7 Å². The van der Waals surface area contributed by atoms with Crippen molar-refractivity contribution < 1.29 is 4.39 Å². The summed E-state index contributed by atoms with van der Waals surface area (Å²) in [7, 11) is 0. The summed E-state index contributed by atoms with van der Waals surface area (Å²) in [6, 6.07) is 4.87. The normalized spacial score (nSPS) is 19.6. The van der Waals surface area contributed by atoms with E-state index < -0.39 is 0 Å². The summed E-state index contributed by atoms with van der Waals surface area (Å²) in [5.41, 5.74) is 0.855. The van der Waals surface area contributed by atoms with Gasteiger partial charge in [-0.3, -0.25) is 4.99 Å². The van der Waals surface area contributed by atoms with Gasteiger partial charge in [-0.25, -0.2) is 4.39 Å². The number of benzene rings is 1. The van der Waals surface area contributed by atoms with E-state index in [1.165, 1.54) is 6.07 Å². The topological polar surface area (TPSA) is 24.4 Å². The minimum absolute atomic E-state index is 0.253. The summed E-state index contributed by atoms with van der Waals surface area (Å²) >= 11 is 4.92. The molecule has 0 bridgehead atoms. The van der Waals surface area contributed by atoms with Crippen molar-refractivity contribution in [3.8, 4) is 0 Å². The van der Waals surface area contributed by atoms with Crippen LogP contribution in [0.25, 0.3) is 0 Å². The predicted molar refractivity (Wildman–Crippen MR) is 76.2 cm³/mol. The minimum atomic E-state index is -0.253. The van der Waals surface area contributed by atoms with Gasteiger partial charge in [0.2, 0.25) is 0 Å². The fraction of sp³-hybridized carbons (Fsp3) is 0.417. The van der Waals surface area contributed by atoms with Crippen molar-refractivity contribution in [2.45, 2.75) is 19.1 Å². The Labute approximate surface area is 113 Å². The van der Waals surface area contributed by atoms with Crippen molar-refractivity contribution in [1.29, 1.82) is 0 Å². The lowest BCUT2D eigenvalue weighted by atomic mass is 10.1. The first kappa shape index (κ1) is 12.9. The van der Waals surface area contributed by atoms with E-state index in [4.69, 9.17) is 0 Å². The molecule has 5 heteroatoms. The molecule has 0 radical (unpaired) electrons. The van der Waals surface area contributed by atoms with Gasteiger partial charge in [0.05, 0.1) is 11.0 Å². The number of thioether (sulfide) groups is 1. The van der Waals surface area contributed by atoms with Crippen LogP contribution in [0.3, 0.4) is 0 Å². The molecule has 1 aliphatic heterocycles. The third-order valence-corrected chi connectivity index (χ3v) is 4.65. The molecule has 2 rings (SSSR count). The van der Waals surface area contributed by atoms with Gasteiger partial charge in [-0.15, -0.1) is 0 Å². The number of halogens is 2. The number of rotatable bonds is 2. The summed E-state index contributed by atoms with van der Waals surface area (Å²) < 4.78 is 13.5. The maximum atomic E-state index is 13.1. The molecule has 92 valence electrons. The van der Waals surface area contributed by atoms with Crippen molar-refractivity contribution in [3.05, 3.63) is 28.5 Å². The van der Waals surface area contributed by atoms with E-state index in [1.807, 2.05) is 0 Å². The molecule has 1 aliphatic rings. The van der Waals surface area contributed by atoms with Crippen molar-refractivity contribution in [3.63, 3.8) is 0 Å². The van der Waals surface area contributed by atoms with Crippen LogP contribution in [0.4, 0.5) is 10.1 Å². The Morgan fingerprint density at radius 1 is 1.53 bits per heavy atom. The van der Waals surface area contributed by atoms with E-state index in [2.05, 4.69) is 40.1 Å². The molecule has 0 aliphatic carbocycles.